The van der Waals surface area contributed by atoms with E-state index in [1.54, 1.807) is 24.3 Å². The fourth-order valence-electron chi connectivity index (χ4n) is 3.18. The number of hydrogen-bond donors (Lipinski definition) is 1. The minimum Gasteiger partial charge on any atom is -0.364 e. The van der Waals surface area contributed by atoms with Gasteiger partial charge in [-0.15, -0.1) is 0 Å². The summed E-state index contributed by atoms with van der Waals surface area (Å²) in [4.78, 5) is 17.5. The molecule has 142 valence electrons. The number of aromatic nitrogens is 1. The van der Waals surface area contributed by atoms with Crippen LogP contribution in [0.15, 0.2) is 35.4 Å². The summed E-state index contributed by atoms with van der Waals surface area (Å²) < 4.78 is 52.9. The average molecular weight is 381 g/mol. The Morgan fingerprint density at radius 1 is 1.22 bits per heavy atom. The van der Waals surface area contributed by atoms with Crippen LogP contribution in [-0.2, 0) is 0 Å². The second-order valence-electron chi connectivity index (χ2n) is 6.75. The van der Waals surface area contributed by atoms with E-state index in [-0.39, 0.29) is 16.5 Å². The van der Waals surface area contributed by atoms with Gasteiger partial charge in [-0.3, -0.25) is 9.78 Å². The van der Waals surface area contributed by atoms with Crippen molar-refractivity contribution in [1.29, 1.82) is 0 Å². The van der Waals surface area contributed by atoms with Gasteiger partial charge in [0.1, 0.15) is 5.71 Å². The van der Waals surface area contributed by atoms with E-state index in [9.17, 15) is 27.5 Å². The molecule has 1 aliphatic carbocycles. The van der Waals surface area contributed by atoms with Gasteiger partial charge in [-0.05, 0) is 25.0 Å². The van der Waals surface area contributed by atoms with E-state index in [2.05, 4.69) is 10.1 Å². The topological polar surface area (TPSA) is 65.8 Å². The lowest BCUT2D eigenvalue weighted by Gasteiger charge is -2.30. The van der Waals surface area contributed by atoms with E-state index < -0.39 is 36.6 Å². The highest BCUT2D eigenvalue weighted by Crippen LogP contribution is 2.41. The van der Waals surface area contributed by atoms with Gasteiger partial charge in [0, 0.05) is 23.4 Å². The van der Waals surface area contributed by atoms with Gasteiger partial charge < -0.3 is 5.11 Å². The van der Waals surface area contributed by atoms with Gasteiger partial charge in [-0.1, -0.05) is 18.2 Å². The maximum atomic E-state index is 13.4. The Morgan fingerprint density at radius 2 is 1.93 bits per heavy atom. The van der Waals surface area contributed by atoms with Crippen molar-refractivity contribution < 1.29 is 27.5 Å². The van der Waals surface area contributed by atoms with E-state index in [0.717, 1.165) is 12.8 Å². The summed E-state index contributed by atoms with van der Waals surface area (Å²) in [5.41, 5.74) is -2.93. The lowest BCUT2D eigenvalue weighted by molar-refractivity contribution is -0.164. The quantitative estimate of drug-likeness (QED) is 0.824. The number of aliphatic hydroxyl groups is 1. The highest BCUT2D eigenvalue weighted by atomic mass is 19.3. The monoisotopic (exact) mass is 381 g/mol. The largest absolute Gasteiger partial charge is 0.364 e. The molecular weight excluding hydrogens is 366 g/mol. The van der Waals surface area contributed by atoms with Gasteiger partial charge in [-0.2, -0.15) is 10.1 Å². The lowest BCUT2D eigenvalue weighted by atomic mass is 10.0. The molecule has 0 unspecified atom stereocenters. The van der Waals surface area contributed by atoms with Crippen LogP contribution in [0.25, 0.3) is 10.9 Å². The van der Waals surface area contributed by atoms with Crippen LogP contribution in [-0.4, -0.2) is 45.3 Å². The molecule has 0 spiro atoms. The van der Waals surface area contributed by atoms with Gasteiger partial charge in [0.15, 0.2) is 0 Å². The molecule has 5 nitrogen and oxygen atoms in total. The SMILES string of the molecule is O=C(c1cc(C2CC2)nc2ccccc12)N1N=C(C(F)F)C[C@]1(O)C(F)F. The highest BCUT2D eigenvalue weighted by molar-refractivity contribution is 6.07. The molecule has 0 bridgehead atoms. The first-order valence-corrected chi connectivity index (χ1v) is 8.41. The highest BCUT2D eigenvalue weighted by Gasteiger charge is 2.53. The maximum absolute atomic E-state index is 13.4. The summed E-state index contributed by atoms with van der Waals surface area (Å²) in [5, 5.41) is 14.0. The van der Waals surface area contributed by atoms with Gasteiger partial charge in [0.25, 0.3) is 18.8 Å². The number of rotatable bonds is 4. The first kappa shape index (κ1) is 17.8. The van der Waals surface area contributed by atoms with Crippen molar-refractivity contribution in [2.75, 3.05) is 0 Å². The van der Waals surface area contributed by atoms with Crippen molar-refractivity contribution in [3.8, 4) is 0 Å². The number of amides is 1. The molecule has 1 fully saturated rings. The number of carbonyl (C=O) groups is 1. The first-order valence-electron chi connectivity index (χ1n) is 8.41. The van der Waals surface area contributed by atoms with Gasteiger partial charge >= 0.3 is 0 Å². The zero-order chi connectivity index (χ0) is 19.3. The van der Waals surface area contributed by atoms with Crippen molar-refractivity contribution in [3.05, 3.63) is 41.6 Å². The van der Waals surface area contributed by atoms with Gasteiger partial charge in [0.05, 0.1) is 11.1 Å². The molecule has 1 aromatic heterocycles. The number of alkyl halides is 4. The van der Waals surface area contributed by atoms with E-state index in [1.807, 2.05) is 0 Å². The molecule has 2 heterocycles. The molecule has 1 N–H and O–H groups in total. The molecule has 1 saturated carbocycles. The predicted molar refractivity (Wildman–Crippen MR) is 88.9 cm³/mol. The summed E-state index contributed by atoms with van der Waals surface area (Å²) in [6.45, 7) is 0. The Labute approximate surface area is 151 Å². The third-order valence-electron chi connectivity index (χ3n) is 4.79. The van der Waals surface area contributed by atoms with Crippen molar-refractivity contribution in [2.45, 2.75) is 43.8 Å². The number of benzene rings is 1. The number of nitrogens with zero attached hydrogens (tertiary/aromatic N) is 3. The standard InChI is InChI=1S/C18H15F4N3O2/c19-15(20)14-8-18(27,17(21)22)25(24-14)16(26)11-7-13(9-5-6-9)23-12-4-2-1-3-10(11)12/h1-4,7,9,15,17,27H,5-6,8H2/t18-/m0/s1. The fourth-order valence-corrected chi connectivity index (χ4v) is 3.18. The van der Waals surface area contributed by atoms with E-state index in [1.165, 1.54) is 6.07 Å². The minimum atomic E-state index is -3.46. The molecule has 1 aliphatic heterocycles. The molecule has 2 aliphatic rings. The molecule has 1 aromatic carbocycles. The molecule has 1 amide bonds. The summed E-state index contributed by atoms with van der Waals surface area (Å²) in [6, 6.07) is 8.11. The van der Waals surface area contributed by atoms with Crippen LogP contribution in [0.5, 0.6) is 0 Å². The van der Waals surface area contributed by atoms with Crippen molar-refractivity contribution in [3.63, 3.8) is 0 Å². The van der Waals surface area contributed by atoms with Crippen molar-refractivity contribution in [2.24, 2.45) is 5.10 Å². The zero-order valence-electron chi connectivity index (χ0n) is 13.9. The molecule has 27 heavy (non-hydrogen) atoms. The Kier molecular flexibility index (Phi) is 4.14. The number of pyridine rings is 1. The number of carbonyl (C=O) groups excluding carboxylic acids is 1. The predicted octanol–water partition coefficient (Wildman–Crippen LogP) is 3.53. The number of hydrogen-bond acceptors (Lipinski definition) is 4. The number of para-hydroxylation sites is 1. The normalized spacial score (nSPS) is 22.8. The smallest absolute Gasteiger partial charge is 0.287 e. The molecule has 2 aromatic rings. The third kappa shape index (κ3) is 2.95. The second kappa shape index (κ2) is 6.26. The Balaban J connectivity index is 1.84. The van der Waals surface area contributed by atoms with E-state index in [4.69, 9.17) is 0 Å². The Morgan fingerprint density at radius 3 is 2.56 bits per heavy atom. The number of halogens is 4. The van der Waals surface area contributed by atoms with E-state index >= 15 is 0 Å². The van der Waals surface area contributed by atoms with Crippen LogP contribution in [0.4, 0.5) is 17.6 Å². The first-order chi connectivity index (χ1) is 12.8. The summed E-state index contributed by atoms with van der Waals surface area (Å²) >= 11 is 0. The minimum absolute atomic E-state index is 0.000779. The summed E-state index contributed by atoms with van der Waals surface area (Å²) in [6.07, 6.45) is -5.91. The van der Waals surface area contributed by atoms with Gasteiger partial charge in [0.2, 0.25) is 5.72 Å². The third-order valence-corrected chi connectivity index (χ3v) is 4.79. The molecule has 9 heteroatoms. The Hall–Kier alpha value is -2.55. The van der Waals surface area contributed by atoms with Crippen LogP contribution in [0, 0.1) is 0 Å². The van der Waals surface area contributed by atoms with Crippen LogP contribution in [0.1, 0.15) is 41.2 Å². The zero-order valence-corrected chi connectivity index (χ0v) is 13.9. The average Bonchev–Trinajstić information content (AvgIpc) is 3.42. The van der Waals surface area contributed by atoms with Crippen molar-refractivity contribution in [1.82, 2.24) is 9.99 Å². The number of fused-ring (bicyclic) bond motifs is 1. The summed E-state index contributed by atoms with van der Waals surface area (Å²) in [7, 11) is 0. The van der Waals surface area contributed by atoms with E-state index in [0.29, 0.717) is 16.6 Å². The molecule has 4 rings (SSSR count). The molecule has 0 radical (unpaired) electrons. The van der Waals surface area contributed by atoms with Gasteiger partial charge in [-0.25, -0.2) is 17.6 Å². The molecule has 0 saturated heterocycles. The second-order valence-corrected chi connectivity index (χ2v) is 6.75. The number of hydrazone groups is 1. The molecule has 1 atom stereocenters. The maximum Gasteiger partial charge on any atom is 0.287 e. The van der Waals surface area contributed by atoms with Crippen LogP contribution < -0.4 is 0 Å². The van der Waals surface area contributed by atoms with Crippen LogP contribution in [0.2, 0.25) is 0 Å². The van der Waals surface area contributed by atoms with Crippen LogP contribution >= 0.6 is 0 Å². The lowest BCUT2D eigenvalue weighted by Crippen LogP contribution is -2.51. The van der Waals surface area contributed by atoms with Crippen molar-refractivity contribution >= 4 is 22.5 Å². The summed E-state index contributed by atoms with van der Waals surface area (Å²) in [5.74, 6) is -0.886. The van der Waals surface area contributed by atoms with Crippen LogP contribution in [0.3, 0.4) is 0 Å². The fraction of sp³-hybridized carbons (Fsp3) is 0.389. The Bertz CT molecular complexity index is 945. The molecular formula is C18H15F4N3O2.